The molecule has 56 heavy (non-hydrogen) atoms. The molecule has 0 radical (unpaired) electrons. The van der Waals surface area contributed by atoms with E-state index in [1.54, 1.807) is 0 Å². The second kappa shape index (κ2) is 14.4. The zero-order valence-electron chi connectivity index (χ0n) is 32.0. The average Bonchev–Trinajstić information content (AvgIpc) is 3.49. The predicted molar refractivity (Wildman–Crippen MR) is 238 cm³/mol. The SMILES string of the molecule is C=C(N=C(N=C(C)c1ccc2ccc(-c3ccc4c(c3)C(C)(C)c3ccccc3-4)cc2c1)c1ccc(-c2ccccc2)cc1)c1ccc(-c2ccccc2)cc1. The first-order valence-corrected chi connectivity index (χ1v) is 19.3. The molecule has 0 fully saturated rings. The van der Waals surface area contributed by atoms with E-state index >= 15 is 0 Å². The highest BCUT2D eigenvalue weighted by Gasteiger charge is 2.35. The van der Waals surface area contributed by atoms with Gasteiger partial charge in [0.1, 0.15) is 0 Å². The number of hydrogen-bond donors (Lipinski definition) is 0. The van der Waals surface area contributed by atoms with Crippen LogP contribution in [0.3, 0.4) is 0 Å². The molecule has 0 saturated carbocycles. The summed E-state index contributed by atoms with van der Waals surface area (Å²) in [5.41, 5.74) is 17.0. The number of benzene rings is 8. The van der Waals surface area contributed by atoms with Gasteiger partial charge in [-0.25, -0.2) is 9.98 Å². The summed E-state index contributed by atoms with van der Waals surface area (Å²) in [5.74, 6) is 0.620. The van der Waals surface area contributed by atoms with Crippen molar-refractivity contribution in [1.29, 1.82) is 0 Å². The Bertz CT molecular complexity index is 2810. The molecule has 0 heterocycles. The quantitative estimate of drug-likeness (QED) is 0.116. The summed E-state index contributed by atoms with van der Waals surface area (Å²) in [6.45, 7) is 11.1. The predicted octanol–water partition coefficient (Wildman–Crippen LogP) is 14.1. The van der Waals surface area contributed by atoms with Crippen LogP contribution in [0.4, 0.5) is 0 Å². The topological polar surface area (TPSA) is 24.7 Å². The van der Waals surface area contributed by atoms with Crippen molar-refractivity contribution >= 4 is 28.0 Å². The molecule has 0 saturated heterocycles. The Morgan fingerprint density at radius 3 is 1.59 bits per heavy atom. The fourth-order valence-electron chi connectivity index (χ4n) is 8.03. The second-order valence-corrected chi connectivity index (χ2v) is 15.2. The standard InChI is InChI=1S/C54H42N2/c1-36(38-19-21-41(22-20-38)39-13-7-5-8-14-39)55-53(44-27-23-42(24-28-44)40-15-9-6-10-16-40)56-37(2)45-29-25-43-26-30-46(34-48(43)33-45)47-31-32-50-49-17-11-12-18-51(49)54(3,4)52(50)35-47/h5-35H,1H2,2-4H3. The van der Waals surface area contributed by atoms with Gasteiger partial charge in [-0.05, 0) is 103 Å². The van der Waals surface area contributed by atoms with Crippen LogP contribution < -0.4 is 0 Å². The van der Waals surface area contributed by atoms with Gasteiger partial charge in [0.15, 0.2) is 5.84 Å². The minimum absolute atomic E-state index is 0.0441. The van der Waals surface area contributed by atoms with E-state index in [2.05, 4.69) is 203 Å². The summed E-state index contributed by atoms with van der Waals surface area (Å²) >= 11 is 0. The Labute approximate surface area is 329 Å². The molecule has 1 aliphatic rings. The van der Waals surface area contributed by atoms with Crippen LogP contribution in [0.15, 0.2) is 205 Å². The summed E-state index contributed by atoms with van der Waals surface area (Å²) in [6.07, 6.45) is 0. The molecule has 0 N–H and O–H groups in total. The lowest BCUT2D eigenvalue weighted by Crippen LogP contribution is -2.14. The van der Waals surface area contributed by atoms with E-state index < -0.39 is 0 Å². The van der Waals surface area contributed by atoms with E-state index in [-0.39, 0.29) is 5.41 Å². The monoisotopic (exact) mass is 718 g/mol. The number of nitrogens with zero attached hydrogens (tertiary/aromatic N) is 2. The van der Waals surface area contributed by atoms with Gasteiger partial charge in [-0.15, -0.1) is 0 Å². The fourth-order valence-corrected chi connectivity index (χ4v) is 8.03. The molecule has 9 rings (SSSR count). The van der Waals surface area contributed by atoms with Crippen molar-refractivity contribution in [3.05, 3.63) is 222 Å². The molecule has 0 amide bonds. The molecule has 0 aromatic heterocycles. The summed E-state index contributed by atoms with van der Waals surface area (Å²) < 4.78 is 0. The normalized spacial score (nSPS) is 13.3. The van der Waals surface area contributed by atoms with E-state index in [0.29, 0.717) is 11.5 Å². The van der Waals surface area contributed by atoms with Crippen molar-refractivity contribution in [3.63, 3.8) is 0 Å². The molecular weight excluding hydrogens is 677 g/mol. The Morgan fingerprint density at radius 1 is 0.411 bits per heavy atom. The zero-order valence-corrected chi connectivity index (χ0v) is 32.0. The summed E-state index contributed by atoms with van der Waals surface area (Å²) in [7, 11) is 0. The maximum Gasteiger partial charge on any atom is 0.160 e. The highest BCUT2D eigenvalue weighted by Crippen LogP contribution is 2.49. The van der Waals surface area contributed by atoms with Crippen LogP contribution in [0, 0.1) is 0 Å². The molecular formula is C54H42N2. The summed E-state index contributed by atoms with van der Waals surface area (Å²) in [5, 5.41) is 2.36. The molecule has 0 aliphatic heterocycles. The largest absolute Gasteiger partial charge is 0.233 e. The lowest BCUT2D eigenvalue weighted by atomic mass is 9.81. The summed E-state index contributed by atoms with van der Waals surface area (Å²) in [6, 6.07) is 66.9. The van der Waals surface area contributed by atoms with Crippen LogP contribution in [0.2, 0.25) is 0 Å². The molecule has 0 spiro atoms. The van der Waals surface area contributed by atoms with Gasteiger partial charge in [0.05, 0.1) is 5.70 Å². The molecule has 0 unspecified atom stereocenters. The van der Waals surface area contributed by atoms with Crippen LogP contribution in [-0.2, 0) is 5.41 Å². The number of hydrogen-bond acceptors (Lipinski definition) is 1. The minimum Gasteiger partial charge on any atom is -0.233 e. The van der Waals surface area contributed by atoms with Gasteiger partial charge in [0, 0.05) is 16.7 Å². The van der Waals surface area contributed by atoms with Crippen molar-refractivity contribution in [3.8, 4) is 44.5 Å². The maximum atomic E-state index is 5.22. The number of aliphatic imine (C=N–C) groups is 2. The first-order valence-electron chi connectivity index (χ1n) is 19.3. The van der Waals surface area contributed by atoms with Gasteiger partial charge in [-0.1, -0.05) is 190 Å². The number of amidine groups is 1. The zero-order chi connectivity index (χ0) is 38.2. The first kappa shape index (κ1) is 34.8. The lowest BCUT2D eigenvalue weighted by molar-refractivity contribution is 0.660. The van der Waals surface area contributed by atoms with Crippen LogP contribution in [0.25, 0.3) is 61.0 Å². The van der Waals surface area contributed by atoms with Crippen molar-refractivity contribution in [2.75, 3.05) is 0 Å². The number of fused-ring (bicyclic) bond motifs is 4. The third kappa shape index (κ3) is 6.61. The van der Waals surface area contributed by atoms with E-state index in [4.69, 9.17) is 9.98 Å². The van der Waals surface area contributed by atoms with E-state index in [0.717, 1.165) is 33.5 Å². The first-order chi connectivity index (χ1) is 27.3. The molecule has 2 heteroatoms. The second-order valence-electron chi connectivity index (χ2n) is 15.2. The van der Waals surface area contributed by atoms with Crippen LogP contribution in [0.1, 0.15) is 48.6 Å². The minimum atomic E-state index is -0.0441. The molecule has 1 aliphatic carbocycles. The van der Waals surface area contributed by atoms with E-state index in [9.17, 15) is 0 Å². The van der Waals surface area contributed by atoms with Crippen molar-refractivity contribution in [1.82, 2.24) is 0 Å². The van der Waals surface area contributed by atoms with Crippen molar-refractivity contribution in [2.24, 2.45) is 9.98 Å². The van der Waals surface area contributed by atoms with E-state index in [1.807, 2.05) is 12.1 Å². The van der Waals surface area contributed by atoms with Gasteiger partial charge in [-0.3, -0.25) is 0 Å². The Kier molecular flexibility index (Phi) is 8.96. The van der Waals surface area contributed by atoms with E-state index in [1.165, 1.54) is 55.3 Å². The van der Waals surface area contributed by atoms with Crippen LogP contribution in [-0.4, -0.2) is 11.5 Å². The van der Waals surface area contributed by atoms with Crippen molar-refractivity contribution in [2.45, 2.75) is 26.2 Å². The lowest BCUT2D eigenvalue weighted by Gasteiger charge is -2.22. The third-order valence-electron chi connectivity index (χ3n) is 11.3. The molecule has 8 aromatic rings. The smallest absolute Gasteiger partial charge is 0.160 e. The van der Waals surface area contributed by atoms with Gasteiger partial charge in [0.2, 0.25) is 0 Å². The maximum absolute atomic E-state index is 5.22. The Morgan fingerprint density at radius 2 is 0.911 bits per heavy atom. The van der Waals surface area contributed by atoms with Gasteiger partial charge < -0.3 is 0 Å². The Hall–Kier alpha value is -6.90. The van der Waals surface area contributed by atoms with Crippen LogP contribution >= 0.6 is 0 Å². The van der Waals surface area contributed by atoms with Crippen molar-refractivity contribution < 1.29 is 0 Å². The molecule has 8 aromatic carbocycles. The molecule has 0 bridgehead atoms. The number of rotatable bonds is 7. The molecule has 268 valence electrons. The Balaban J connectivity index is 1.06. The third-order valence-corrected chi connectivity index (χ3v) is 11.3. The summed E-state index contributed by atoms with van der Waals surface area (Å²) in [4.78, 5) is 10.3. The highest BCUT2D eigenvalue weighted by molar-refractivity contribution is 6.13. The van der Waals surface area contributed by atoms with Gasteiger partial charge in [0.25, 0.3) is 0 Å². The molecule has 2 nitrogen and oxygen atoms in total. The fraction of sp³-hybridized carbons (Fsp3) is 0.0741. The highest BCUT2D eigenvalue weighted by atomic mass is 14.9. The molecule has 0 atom stereocenters. The van der Waals surface area contributed by atoms with Gasteiger partial charge in [-0.2, -0.15) is 0 Å². The average molecular weight is 719 g/mol. The van der Waals surface area contributed by atoms with Gasteiger partial charge >= 0.3 is 0 Å². The van der Waals surface area contributed by atoms with Crippen LogP contribution in [0.5, 0.6) is 0 Å².